The van der Waals surface area contributed by atoms with Crippen LogP contribution in [0.3, 0.4) is 0 Å². The fourth-order valence-electron chi connectivity index (χ4n) is 0. The molecule has 0 aromatic heterocycles. The second-order valence-electron chi connectivity index (χ2n) is 0.707. The van der Waals surface area contributed by atoms with Gasteiger partial charge in [0.05, 0.1) is 0 Å². The molecule has 0 saturated carbocycles. The molecule has 0 bridgehead atoms. The van der Waals surface area contributed by atoms with Gasteiger partial charge in [-0.2, -0.15) is 0 Å². The second kappa shape index (κ2) is 134. The smallest absolute Gasteiger partial charge is 0 e. The van der Waals surface area contributed by atoms with Crippen LogP contribution in [0.2, 0.25) is 0 Å². The molecule has 0 aliphatic rings. The van der Waals surface area contributed by atoms with Crippen LogP contribution >= 0.6 is 0 Å². The quantitative estimate of drug-likeness (QED) is 0.433. The molecule has 0 aliphatic heterocycles. The van der Waals surface area contributed by atoms with Crippen LogP contribution in [0.15, 0.2) is 0 Å². The molecule has 0 fully saturated rings. The Morgan fingerprint density at radius 3 is 0.750 bits per heavy atom. The van der Waals surface area contributed by atoms with Gasteiger partial charge in [-0.3, -0.25) is 0 Å². The predicted molar refractivity (Wildman–Crippen MR) is 52.6 cm³/mol. The molecule has 6 radical (unpaired) electrons. The topological polar surface area (TPSA) is 0 Å². The second-order valence-corrected chi connectivity index (χ2v) is 0.707. The maximum absolute atomic E-state index is 2.12. The zero-order valence-corrected chi connectivity index (χ0v) is 17.5. The summed E-state index contributed by atoms with van der Waals surface area (Å²) in [6, 6.07) is 0. The van der Waals surface area contributed by atoms with Crippen LogP contribution in [-0.4, -0.2) is 8.41 Å². The standard InChI is InChI=1S/C3H8.C2H6.CH4.2CH3.B.3Y/c1-3-2;1-2;;;;;;;/h3H2,1-2H3;1-2H3;1H4;2*1H3;;;;/q;;;2*-1;;;;. The van der Waals surface area contributed by atoms with Crippen molar-refractivity contribution in [3.8, 4) is 0 Å². The van der Waals surface area contributed by atoms with E-state index >= 15 is 0 Å². The Morgan fingerprint density at radius 1 is 0.750 bits per heavy atom. The minimum absolute atomic E-state index is 0. The molecule has 0 saturated heterocycles. The minimum Gasteiger partial charge on any atom is -0.358 e. The van der Waals surface area contributed by atoms with Gasteiger partial charge in [0.2, 0.25) is 0 Å². The maximum atomic E-state index is 2.12. The Labute approximate surface area is 160 Å². The summed E-state index contributed by atoms with van der Waals surface area (Å²) in [5.41, 5.74) is 0. The van der Waals surface area contributed by atoms with Crippen molar-refractivity contribution in [1.29, 1.82) is 0 Å². The van der Waals surface area contributed by atoms with Gasteiger partial charge in [-0.05, 0) is 0 Å². The van der Waals surface area contributed by atoms with Crippen molar-refractivity contribution in [2.24, 2.45) is 0 Å². The van der Waals surface area contributed by atoms with Crippen LogP contribution < -0.4 is 0 Å². The molecule has 0 aromatic carbocycles. The van der Waals surface area contributed by atoms with Crippen molar-refractivity contribution in [2.75, 3.05) is 0 Å². The summed E-state index contributed by atoms with van der Waals surface area (Å²) in [6.45, 7) is 8.25. The third-order valence-corrected chi connectivity index (χ3v) is 0. The van der Waals surface area contributed by atoms with Gasteiger partial charge < -0.3 is 14.9 Å². The summed E-state index contributed by atoms with van der Waals surface area (Å²) in [4.78, 5) is 0. The van der Waals surface area contributed by atoms with E-state index in [1.54, 1.807) is 0 Å². The molecule has 70 valence electrons. The summed E-state index contributed by atoms with van der Waals surface area (Å²) in [5.74, 6) is 0. The first kappa shape index (κ1) is 78.2. The number of hydrogen-bond donors (Lipinski definition) is 0. The van der Waals surface area contributed by atoms with Crippen molar-refractivity contribution in [2.45, 2.75) is 41.5 Å². The van der Waals surface area contributed by atoms with E-state index in [1.165, 1.54) is 6.42 Å². The number of hydrogen-bond acceptors (Lipinski definition) is 0. The summed E-state index contributed by atoms with van der Waals surface area (Å²) < 4.78 is 0. The Kier molecular flexibility index (Phi) is 875. The molecule has 12 heavy (non-hydrogen) atoms. The van der Waals surface area contributed by atoms with E-state index in [0.717, 1.165) is 0 Å². The molecule has 0 amide bonds. The third kappa shape index (κ3) is 180. The van der Waals surface area contributed by atoms with E-state index in [2.05, 4.69) is 13.8 Å². The maximum Gasteiger partial charge on any atom is 0 e. The van der Waals surface area contributed by atoms with E-state index < -0.39 is 0 Å². The normalized spacial score (nSPS) is 2.00. The van der Waals surface area contributed by atoms with E-state index in [0.29, 0.717) is 0 Å². The van der Waals surface area contributed by atoms with Gasteiger partial charge in [0.15, 0.2) is 0 Å². The summed E-state index contributed by atoms with van der Waals surface area (Å²) in [5, 5.41) is 0. The van der Waals surface area contributed by atoms with E-state index in [1.807, 2.05) is 13.8 Å². The molecule has 0 N–H and O–H groups in total. The molecule has 0 heterocycles. The van der Waals surface area contributed by atoms with E-state index in [4.69, 9.17) is 0 Å². The molecule has 4 heteroatoms. The zero-order chi connectivity index (χ0) is 4.71. The van der Waals surface area contributed by atoms with Crippen LogP contribution in [-0.2, 0) is 98.1 Å². The first-order chi connectivity index (χ1) is 2.41. The fraction of sp³-hybridized carbons (Fsp3) is 0.750. The number of rotatable bonds is 0. The molecular weight excluding hydrogens is 374 g/mol. The Bertz CT molecular complexity index is 14.3. The predicted octanol–water partition coefficient (Wildman–Crippen LogP) is 3.59. The first-order valence-electron chi connectivity index (χ1n) is 2.41. The van der Waals surface area contributed by atoms with Gasteiger partial charge in [0, 0.05) is 107 Å². The van der Waals surface area contributed by atoms with Gasteiger partial charge in [0.25, 0.3) is 0 Å². The average molecular weight is 398 g/mol. The summed E-state index contributed by atoms with van der Waals surface area (Å²) >= 11 is 0. The monoisotopic (exact) mass is 398 g/mol. The van der Waals surface area contributed by atoms with Crippen molar-refractivity contribution in [1.82, 2.24) is 0 Å². The van der Waals surface area contributed by atoms with Crippen molar-refractivity contribution >= 4 is 8.41 Å². The average Bonchev–Trinajstić information content (AvgIpc) is 1.46. The molecule has 0 rings (SSSR count). The van der Waals surface area contributed by atoms with Crippen LogP contribution in [0.25, 0.3) is 0 Å². The summed E-state index contributed by atoms with van der Waals surface area (Å²) in [7, 11) is 0. The largest absolute Gasteiger partial charge is 0.358 e. The van der Waals surface area contributed by atoms with E-state index in [-0.39, 0.29) is 129 Å². The zero-order valence-electron chi connectivity index (χ0n) is 9.02. The summed E-state index contributed by atoms with van der Waals surface area (Å²) in [6.07, 6.45) is 1.25. The van der Waals surface area contributed by atoms with Crippen LogP contribution in [0, 0.1) is 14.9 Å². The van der Waals surface area contributed by atoms with Crippen molar-refractivity contribution in [3.05, 3.63) is 14.9 Å². The van der Waals surface area contributed by atoms with Crippen LogP contribution in [0.4, 0.5) is 0 Å². The van der Waals surface area contributed by atoms with Gasteiger partial charge in [-0.15, -0.1) is 0 Å². The first-order valence-corrected chi connectivity index (χ1v) is 2.41. The Morgan fingerprint density at radius 2 is 0.750 bits per heavy atom. The molecule has 0 aromatic rings. The van der Waals surface area contributed by atoms with Gasteiger partial charge in [-0.1, -0.05) is 41.5 Å². The molecule has 0 unspecified atom stereocenters. The van der Waals surface area contributed by atoms with Gasteiger partial charge >= 0.3 is 0 Å². The SMILES string of the molecule is C.CC.CCC.[B].[CH3-].[CH3-].[Y].[Y].[Y]. The van der Waals surface area contributed by atoms with Gasteiger partial charge in [0.1, 0.15) is 0 Å². The molecule has 0 spiro atoms. The molecule has 0 nitrogen and oxygen atoms in total. The van der Waals surface area contributed by atoms with Crippen LogP contribution in [0.1, 0.15) is 41.5 Å². The van der Waals surface area contributed by atoms with E-state index in [9.17, 15) is 0 Å². The fourth-order valence-corrected chi connectivity index (χ4v) is 0. The third-order valence-electron chi connectivity index (χ3n) is 0. The molecular formula is C8H24BY3-2. The minimum atomic E-state index is 0. The van der Waals surface area contributed by atoms with Crippen LogP contribution in [0.5, 0.6) is 0 Å². The van der Waals surface area contributed by atoms with Crippen molar-refractivity contribution in [3.63, 3.8) is 0 Å². The van der Waals surface area contributed by atoms with Crippen molar-refractivity contribution < 1.29 is 98.1 Å². The molecule has 0 atom stereocenters. The molecule has 0 aliphatic carbocycles. The Balaban J connectivity index is -0.00000000138. The Hall–Kier alpha value is 3.38. The van der Waals surface area contributed by atoms with Gasteiger partial charge in [-0.25, -0.2) is 0 Å².